The Hall–Kier alpha value is -1.69. The number of rotatable bonds is 2. The lowest BCUT2D eigenvalue weighted by Gasteiger charge is -2.08. The summed E-state index contributed by atoms with van der Waals surface area (Å²) in [5, 5.41) is 0. The number of aryl methyl sites for hydroxylation is 1. The summed E-state index contributed by atoms with van der Waals surface area (Å²) < 4.78 is 19.5. The monoisotopic (exact) mass is 297 g/mol. The predicted octanol–water partition coefficient (Wildman–Crippen LogP) is 3.06. The summed E-state index contributed by atoms with van der Waals surface area (Å²) in [6.07, 6.45) is 1.52. The highest BCUT2D eigenvalue weighted by atomic mass is 79.9. The van der Waals surface area contributed by atoms with E-state index in [0.29, 0.717) is 10.0 Å². The molecule has 0 amide bonds. The van der Waals surface area contributed by atoms with Gasteiger partial charge in [0.2, 0.25) is 11.8 Å². The van der Waals surface area contributed by atoms with Gasteiger partial charge in [0, 0.05) is 16.2 Å². The van der Waals surface area contributed by atoms with E-state index in [2.05, 4.69) is 25.9 Å². The van der Waals surface area contributed by atoms with Crippen molar-refractivity contribution in [1.29, 1.82) is 0 Å². The molecule has 0 bridgehead atoms. The van der Waals surface area contributed by atoms with Crippen LogP contribution in [0.2, 0.25) is 0 Å². The molecule has 1 heterocycles. The first-order chi connectivity index (χ1) is 8.06. The number of nitrogen functional groups attached to an aromatic ring is 1. The summed E-state index contributed by atoms with van der Waals surface area (Å²) in [5.74, 6) is -0.0548. The van der Waals surface area contributed by atoms with Gasteiger partial charge in [0.25, 0.3) is 0 Å². The summed E-state index contributed by atoms with van der Waals surface area (Å²) in [4.78, 5) is 7.71. The van der Waals surface area contributed by atoms with Crippen LogP contribution in [0.25, 0.3) is 0 Å². The predicted molar refractivity (Wildman–Crippen MR) is 65.4 cm³/mol. The van der Waals surface area contributed by atoms with Crippen molar-refractivity contribution in [2.75, 3.05) is 5.73 Å². The largest absolute Gasteiger partial charge is 0.435 e. The number of nitrogens with two attached hydrogens (primary N) is 1. The van der Waals surface area contributed by atoms with Gasteiger partial charge in [-0.3, -0.25) is 0 Å². The minimum atomic E-state index is -0.468. The number of halogens is 2. The van der Waals surface area contributed by atoms with Crippen molar-refractivity contribution < 1.29 is 9.13 Å². The Morgan fingerprint density at radius 3 is 2.94 bits per heavy atom. The van der Waals surface area contributed by atoms with Crippen LogP contribution in [-0.4, -0.2) is 9.97 Å². The minimum Gasteiger partial charge on any atom is -0.435 e. The molecule has 4 nitrogen and oxygen atoms in total. The zero-order chi connectivity index (χ0) is 12.4. The van der Waals surface area contributed by atoms with Gasteiger partial charge in [0.15, 0.2) is 11.6 Å². The van der Waals surface area contributed by atoms with E-state index in [-0.39, 0.29) is 17.6 Å². The number of ether oxygens (including phenoxy) is 1. The topological polar surface area (TPSA) is 61.0 Å². The molecule has 0 unspecified atom stereocenters. The summed E-state index contributed by atoms with van der Waals surface area (Å²) in [6, 6.07) is 4.41. The van der Waals surface area contributed by atoms with Crippen molar-refractivity contribution in [3.63, 3.8) is 0 Å². The molecule has 2 N–H and O–H groups in total. The van der Waals surface area contributed by atoms with Gasteiger partial charge in [0.1, 0.15) is 0 Å². The van der Waals surface area contributed by atoms with Gasteiger partial charge in [-0.2, -0.15) is 4.98 Å². The molecule has 1 aromatic heterocycles. The maximum absolute atomic E-state index is 13.5. The lowest BCUT2D eigenvalue weighted by Crippen LogP contribution is -1.99. The van der Waals surface area contributed by atoms with Crippen LogP contribution >= 0.6 is 15.9 Å². The number of hydrogen-bond donors (Lipinski definition) is 1. The Bertz CT molecular complexity index is 513. The Morgan fingerprint density at radius 1 is 1.41 bits per heavy atom. The quantitative estimate of drug-likeness (QED) is 0.925. The van der Waals surface area contributed by atoms with Crippen LogP contribution in [0, 0.1) is 12.7 Å². The van der Waals surface area contributed by atoms with E-state index in [9.17, 15) is 4.39 Å². The molecule has 0 aliphatic carbocycles. The van der Waals surface area contributed by atoms with E-state index in [4.69, 9.17) is 10.5 Å². The number of hydrogen-bond acceptors (Lipinski definition) is 4. The zero-order valence-corrected chi connectivity index (χ0v) is 10.5. The molecule has 1 aromatic carbocycles. The third kappa shape index (κ3) is 2.71. The molecule has 0 fully saturated rings. The molecule has 2 aromatic rings. The van der Waals surface area contributed by atoms with Crippen LogP contribution in [0.3, 0.4) is 0 Å². The van der Waals surface area contributed by atoms with E-state index in [0.717, 1.165) is 0 Å². The summed E-state index contributed by atoms with van der Waals surface area (Å²) in [5.41, 5.74) is 6.12. The standard InChI is InChI=1S/C11H9BrFN3O/c1-6-5-15-11(14)16-10(6)17-9-4-7(12)2-3-8(9)13/h2-5H,1H3,(H2,14,15,16). The molecule has 0 aliphatic heterocycles. The molecule has 88 valence electrons. The highest BCUT2D eigenvalue weighted by Crippen LogP contribution is 2.28. The van der Waals surface area contributed by atoms with Gasteiger partial charge >= 0.3 is 0 Å². The normalized spacial score (nSPS) is 10.3. The molecule has 2 rings (SSSR count). The minimum absolute atomic E-state index is 0.0839. The molecule has 0 atom stereocenters. The number of nitrogens with zero attached hydrogens (tertiary/aromatic N) is 2. The van der Waals surface area contributed by atoms with E-state index in [1.54, 1.807) is 13.0 Å². The van der Waals surface area contributed by atoms with Gasteiger partial charge in [-0.15, -0.1) is 0 Å². The van der Waals surface area contributed by atoms with Crippen molar-refractivity contribution in [3.8, 4) is 11.6 Å². The highest BCUT2D eigenvalue weighted by molar-refractivity contribution is 9.10. The Kier molecular flexibility index (Phi) is 3.23. The van der Waals surface area contributed by atoms with Crippen LogP contribution in [0.15, 0.2) is 28.9 Å². The third-order valence-electron chi connectivity index (χ3n) is 2.04. The molecule has 0 saturated carbocycles. The zero-order valence-electron chi connectivity index (χ0n) is 8.95. The molecule has 0 aliphatic rings. The lowest BCUT2D eigenvalue weighted by molar-refractivity contribution is 0.424. The molecule has 0 radical (unpaired) electrons. The number of benzene rings is 1. The molecule has 17 heavy (non-hydrogen) atoms. The fourth-order valence-electron chi connectivity index (χ4n) is 1.20. The van der Waals surface area contributed by atoms with Crippen LogP contribution in [-0.2, 0) is 0 Å². The van der Waals surface area contributed by atoms with Crippen molar-refractivity contribution in [2.24, 2.45) is 0 Å². The Morgan fingerprint density at radius 2 is 2.18 bits per heavy atom. The Balaban J connectivity index is 2.37. The summed E-state index contributed by atoms with van der Waals surface area (Å²) in [6.45, 7) is 1.75. The third-order valence-corrected chi connectivity index (χ3v) is 2.54. The molecular formula is C11H9BrFN3O. The van der Waals surface area contributed by atoms with Crippen molar-refractivity contribution in [1.82, 2.24) is 9.97 Å². The van der Waals surface area contributed by atoms with Gasteiger partial charge < -0.3 is 10.5 Å². The van der Waals surface area contributed by atoms with Gasteiger partial charge in [-0.25, -0.2) is 9.37 Å². The van der Waals surface area contributed by atoms with Gasteiger partial charge in [0.05, 0.1) is 0 Å². The number of anilines is 1. The fraction of sp³-hybridized carbons (Fsp3) is 0.0909. The highest BCUT2D eigenvalue weighted by Gasteiger charge is 2.09. The van der Waals surface area contributed by atoms with E-state index >= 15 is 0 Å². The second kappa shape index (κ2) is 4.67. The van der Waals surface area contributed by atoms with Crippen molar-refractivity contribution >= 4 is 21.9 Å². The Labute approximate surface area is 106 Å². The first-order valence-corrected chi connectivity index (χ1v) is 5.57. The van der Waals surface area contributed by atoms with Crippen LogP contribution in [0.4, 0.5) is 10.3 Å². The van der Waals surface area contributed by atoms with Gasteiger partial charge in [-0.05, 0) is 25.1 Å². The maximum atomic E-state index is 13.5. The lowest BCUT2D eigenvalue weighted by atomic mass is 10.3. The van der Waals surface area contributed by atoms with Crippen LogP contribution < -0.4 is 10.5 Å². The van der Waals surface area contributed by atoms with E-state index in [1.165, 1.54) is 18.3 Å². The average molecular weight is 298 g/mol. The van der Waals surface area contributed by atoms with Crippen LogP contribution in [0.1, 0.15) is 5.56 Å². The van der Waals surface area contributed by atoms with Crippen molar-refractivity contribution in [2.45, 2.75) is 6.92 Å². The van der Waals surface area contributed by atoms with Crippen molar-refractivity contribution in [3.05, 3.63) is 40.2 Å². The molecule has 0 spiro atoms. The maximum Gasteiger partial charge on any atom is 0.227 e. The molecule has 0 saturated heterocycles. The van der Waals surface area contributed by atoms with Crippen LogP contribution in [0.5, 0.6) is 11.6 Å². The average Bonchev–Trinajstić information content (AvgIpc) is 2.28. The SMILES string of the molecule is Cc1cnc(N)nc1Oc1cc(Br)ccc1F. The summed E-state index contributed by atoms with van der Waals surface area (Å²) in [7, 11) is 0. The first-order valence-electron chi connectivity index (χ1n) is 4.78. The summed E-state index contributed by atoms with van der Waals surface area (Å²) >= 11 is 3.24. The second-order valence-corrected chi connectivity index (χ2v) is 4.31. The molecular weight excluding hydrogens is 289 g/mol. The van der Waals surface area contributed by atoms with E-state index < -0.39 is 5.82 Å². The fourth-order valence-corrected chi connectivity index (χ4v) is 1.54. The number of aromatic nitrogens is 2. The molecule has 6 heteroatoms. The second-order valence-electron chi connectivity index (χ2n) is 3.39. The smallest absolute Gasteiger partial charge is 0.227 e. The van der Waals surface area contributed by atoms with Gasteiger partial charge in [-0.1, -0.05) is 15.9 Å². The first kappa shape index (κ1) is 11.8. The van der Waals surface area contributed by atoms with E-state index in [1.807, 2.05) is 0 Å².